The highest BCUT2D eigenvalue weighted by atomic mass is 31.2. The van der Waals surface area contributed by atoms with Crippen LogP contribution in [-0.4, -0.2) is 56.2 Å². The molecule has 1 unspecified atom stereocenters. The van der Waals surface area contributed by atoms with Crippen molar-refractivity contribution in [1.82, 2.24) is 5.32 Å². The van der Waals surface area contributed by atoms with Crippen molar-refractivity contribution in [2.24, 2.45) is 0 Å². The van der Waals surface area contributed by atoms with Gasteiger partial charge < -0.3 is 15.2 Å². The SMILES string of the molecule is C=CCOP(=O)(OCCC)OC[C@@H](COCC[C@H](O)CCCCCCC)NC(=O)CCCCCCCCCCCCC. The van der Waals surface area contributed by atoms with E-state index in [0.717, 1.165) is 38.5 Å². The van der Waals surface area contributed by atoms with Gasteiger partial charge in [0.25, 0.3) is 0 Å². The number of aliphatic hydroxyl groups excluding tert-OH is 1. The first-order chi connectivity index (χ1) is 20.4. The van der Waals surface area contributed by atoms with E-state index in [-0.39, 0.29) is 32.3 Å². The summed E-state index contributed by atoms with van der Waals surface area (Å²) in [5, 5.41) is 13.2. The molecule has 0 radical (unpaired) electrons. The average molecular weight is 620 g/mol. The van der Waals surface area contributed by atoms with Crippen LogP contribution < -0.4 is 5.32 Å². The lowest BCUT2D eigenvalue weighted by atomic mass is 10.1. The molecule has 0 aliphatic rings. The summed E-state index contributed by atoms with van der Waals surface area (Å²) in [4.78, 5) is 12.7. The first-order valence-electron chi connectivity index (χ1n) is 17.1. The van der Waals surface area contributed by atoms with Gasteiger partial charge in [-0.05, 0) is 25.7 Å². The molecule has 2 N–H and O–H groups in total. The highest BCUT2D eigenvalue weighted by Gasteiger charge is 2.28. The second kappa shape index (κ2) is 30.3. The number of carbonyl (C=O) groups excluding carboxylic acids is 1. The van der Waals surface area contributed by atoms with Crippen molar-refractivity contribution in [3.63, 3.8) is 0 Å². The van der Waals surface area contributed by atoms with E-state index in [1.54, 1.807) is 0 Å². The summed E-state index contributed by atoms with van der Waals surface area (Å²) in [5.41, 5.74) is 0. The molecule has 0 aliphatic carbocycles. The molecule has 0 heterocycles. The fourth-order valence-electron chi connectivity index (χ4n) is 4.59. The molecule has 0 rings (SSSR count). The minimum Gasteiger partial charge on any atom is -0.393 e. The molecule has 42 heavy (non-hydrogen) atoms. The number of hydrogen-bond donors (Lipinski definition) is 2. The zero-order valence-electron chi connectivity index (χ0n) is 27.5. The van der Waals surface area contributed by atoms with Gasteiger partial charge in [-0.2, -0.15) is 0 Å². The van der Waals surface area contributed by atoms with Crippen LogP contribution in [0.15, 0.2) is 12.7 Å². The fourth-order valence-corrected chi connectivity index (χ4v) is 5.87. The van der Waals surface area contributed by atoms with Gasteiger partial charge in [0.05, 0.1) is 38.6 Å². The number of unbranched alkanes of at least 4 members (excludes halogenated alkanes) is 14. The lowest BCUT2D eigenvalue weighted by molar-refractivity contribution is -0.122. The third-order valence-corrected chi connectivity index (χ3v) is 8.60. The first-order valence-corrected chi connectivity index (χ1v) is 18.6. The summed E-state index contributed by atoms with van der Waals surface area (Å²) in [6, 6.07) is -0.512. The van der Waals surface area contributed by atoms with Crippen molar-refractivity contribution < 1.29 is 32.8 Å². The minimum absolute atomic E-state index is 0.0315. The van der Waals surface area contributed by atoms with Gasteiger partial charge in [-0.1, -0.05) is 123 Å². The summed E-state index contributed by atoms with van der Waals surface area (Å²) < 4.78 is 35.1. The molecule has 0 fully saturated rings. The van der Waals surface area contributed by atoms with E-state index < -0.39 is 20.0 Å². The smallest absolute Gasteiger partial charge is 0.393 e. The molecule has 0 aromatic carbocycles. The Bertz CT molecular complexity index is 664. The maximum atomic E-state index is 13.0. The zero-order chi connectivity index (χ0) is 31.2. The number of ether oxygens (including phenoxy) is 1. The van der Waals surface area contributed by atoms with Gasteiger partial charge in [0.1, 0.15) is 0 Å². The highest BCUT2D eigenvalue weighted by molar-refractivity contribution is 7.48. The van der Waals surface area contributed by atoms with Crippen LogP contribution in [0.2, 0.25) is 0 Å². The van der Waals surface area contributed by atoms with Crippen LogP contribution in [0.1, 0.15) is 149 Å². The molecule has 1 amide bonds. The van der Waals surface area contributed by atoms with E-state index in [4.69, 9.17) is 18.3 Å². The zero-order valence-corrected chi connectivity index (χ0v) is 28.4. The predicted octanol–water partition coefficient (Wildman–Crippen LogP) is 9.05. The molecular weight excluding hydrogens is 553 g/mol. The molecule has 0 bridgehead atoms. The van der Waals surface area contributed by atoms with Gasteiger partial charge in [0.2, 0.25) is 5.91 Å². The van der Waals surface area contributed by atoms with Crippen LogP contribution in [0.4, 0.5) is 0 Å². The standard InChI is InChI=1S/C33H66NO7P/c1-5-9-11-13-14-15-16-17-18-20-22-24-33(36)34-31(30-41-42(37,39-26-7-3)40-27-8-4)29-38-28-25-32(35)23-21-19-12-10-6-2/h7,31-32,35H,3,5-6,8-30H2,1-2,4H3,(H,34,36)/t31-,32-,42?/m1/s1. The van der Waals surface area contributed by atoms with Gasteiger partial charge >= 0.3 is 7.82 Å². The number of amides is 1. The normalized spacial score (nSPS) is 14.4. The highest BCUT2D eigenvalue weighted by Crippen LogP contribution is 2.49. The number of phosphoric acid groups is 1. The number of hydrogen-bond acceptors (Lipinski definition) is 7. The van der Waals surface area contributed by atoms with Crippen LogP contribution >= 0.6 is 7.82 Å². The van der Waals surface area contributed by atoms with Crippen LogP contribution in [-0.2, 0) is 27.7 Å². The molecule has 8 nitrogen and oxygen atoms in total. The molecule has 3 atom stereocenters. The van der Waals surface area contributed by atoms with Crippen LogP contribution in [0.3, 0.4) is 0 Å². The molecule has 9 heteroatoms. The van der Waals surface area contributed by atoms with E-state index in [2.05, 4.69) is 25.7 Å². The molecule has 0 aliphatic heterocycles. The molecule has 0 aromatic heterocycles. The van der Waals surface area contributed by atoms with Crippen molar-refractivity contribution >= 4 is 13.7 Å². The first kappa shape index (κ1) is 41.2. The van der Waals surface area contributed by atoms with Crippen molar-refractivity contribution in [3.8, 4) is 0 Å². The van der Waals surface area contributed by atoms with E-state index in [1.807, 2.05) is 6.92 Å². The van der Waals surface area contributed by atoms with Crippen molar-refractivity contribution in [3.05, 3.63) is 12.7 Å². The summed E-state index contributed by atoms with van der Waals surface area (Å²) in [5.74, 6) is -0.0773. The van der Waals surface area contributed by atoms with E-state index in [9.17, 15) is 14.5 Å². The molecule has 0 spiro atoms. The Labute approximate surface area is 258 Å². The summed E-state index contributed by atoms with van der Waals surface area (Å²) in [6.45, 7) is 10.7. The predicted molar refractivity (Wildman–Crippen MR) is 174 cm³/mol. The minimum atomic E-state index is -3.79. The topological polar surface area (TPSA) is 103 Å². The van der Waals surface area contributed by atoms with E-state index in [1.165, 1.54) is 76.7 Å². The number of nitrogens with one attached hydrogen (secondary N) is 1. The lowest BCUT2D eigenvalue weighted by Gasteiger charge is -2.23. The summed E-state index contributed by atoms with van der Waals surface area (Å²) >= 11 is 0. The van der Waals surface area contributed by atoms with Crippen molar-refractivity contribution in [2.45, 2.75) is 161 Å². The molecule has 250 valence electrons. The van der Waals surface area contributed by atoms with Crippen LogP contribution in [0.25, 0.3) is 0 Å². The second-order valence-corrected chi connectivity index (χ2v) is 13.1. The van der Waals surface area contributed by atoms with Crippen molar-refractivity contribution in [2.75, 3.05) is 33.0 Å². The van der Waals surface area contributed by atoms with Gasteiger partial charge in [-0.3, -0.25) is 18.4 Å². The molecule has 0 aromatic rings. The van der Waals surface area contributed by atoms with Gasteiger partial charge in [-0.25, -0.2) is 4.57 Å². The third-order valence-electron chi connectivity index (χ3n) is 7.17. The van der Waals surface area contributed by atoms with Crippen LogP contribution in [0, 0.1) is 0 Å². The third kappa shape index (κ3) is 26.8. The Hall–Kier alpha value is -0.760. The Morgan fingerprint density at radius 2 is 1.31 bits per heavy atom. The number of phosphoric ester groups is 1. The average Bonchev–Trinajstić information content (AvgIpc) is 2.98. The summed E-state index contributed by atoms with van der Waals surface area (Å²) in [7, 11) is -3.79. The van der Waals surface area contributed by atoms with Crippen LogP contribution in [0.5, 0.6) is 0 Å². The number of aliphatic hydroxyl groups is 1. The largest absolute Gasteiger partial charge is 0.475 e. The van der Waals surface area contributed by atoms with Crippen molar-refractivity contribution in [1.29, 1.82) is 0 Å². The van der Waals surface area contributed by atoms with Gasteiger partial charge in [0.15, 0.2) is 0 Å². The Kier molecular flexibility index (Phi) is 29.7. The molecule has 0 saturated heterocycles. The maximum Gasteiger partial charge on any atom is 0.475 e. The number of carbonyl (C=O) groups is 1. The fraction of sp³-hybridized carbons (Fsp3) is 0.909. The van der Waals surface area contributed by atoms with Gasteiger partial charge in [-0.15, -0.1) is 6.58 Å². The monoisotopic (exact) mass is 619 g/mol. The van der Waals surface area contributed by atoms with E-state index in [0.29, 0.717) is 25.9 Å². The summed E-state index contributed by atoms with van der Waals surface area (Å²) in [6.07, 6.45) is 22.8. The molecular formula is C33H66NO7P. The lowest BCUT2D eigenvalue weighted by Crippen LogP contribution is -2.41. The van der Waals surface area contributed by atoms with Gasteiger partial charge in [0, 0.05) is 13.0 Å². The molecule has 0 saturated carbocycles. The maximum absolute atomic E-state index is 13.0. The second-order valence-electron chi connectivity index (χ2n) is 11.4. The number of rotatable bonds is 33. The Balaban J connectivity index is 4.56. The Morgan fingerprint density at radius 3 is 1.88 bits per heavy atom. The quantitative estimate of drug-likeness (QED) is 0.0429. The van der Waals surface area contributed by atoms with E-state index >= 15 is 0 Å². The Morgan fingerprint density at radius 1 is 0.738 bits per heavy atom.